The molecule has 1 aromatic carbocycles. The van der Waals surface area contributed by atoms with Gasteiger partial charge in [0.05, 0.1) is 10.5 Å². The lowest BCUT2D eigenvalue weighted by molar-refractivity contribution is -0.0868. The number of halogens is 6. The second-order valence-corrected chi connectivity index (χ2v) is 10.5. The summed E-state index contributed by atoms with van der Waals surface area (Å²) in [4.78, 5) is 0.635. The Balaban J connectivity index is 0.000000321. The normalized spacial score (nSPS) is 17.0. The molecule has 0 spiro atoms. The van der Waals surface area contributed by atoms with Gasteiger partial charge in [-0.25, -0.2) is 8.42 Å². The van der Waals surface area contributed by atoms with Gasteiger partial charge in [-0.1, -0.05) is 32.8 Å². The van der Waals surface area contributed by atoms with Crippen molar-refractivity contribution in [2.75, 3.05) is 0 Å². The fraction of sp³-hybridized carbons (Fsp3) is 0.556. The van der Waals surface area contributed by atoms with Gasteiger partial charge in [0.15, 0.2) is 19.7 Å². The van der Waals surface area contributed by atoms with Crippen LogP contribution >= 0.6 is 10.5 Å². The van der Waals surface area contributed by atoms with Gasteiger partial charge >= 0.3 is 11.0 Å². The number of alkyl halides is 6. The Kier molecular flexibility index (Phi) is 6.96. The number of benzene rings is 1. The van der Waals surface area contributed by atoms with E-state index in [4.69, 9.17) is 13.0 Å². The molecule has 1 saturated carbocycles. The Labute approximate surface area is 167 Å². The highest BCUT2D eigenvalue weighted by atomic mass is 32.2. The summed E-state index contributed by atoms with van der Waals surface area (Å²) in [5, 5.41) is 0.780. The van der Waals surface area contributed by atoms with Crippen LogP contribution < -0.4 is 0 Å². The third-order valence-corrected chi connectivity index (χ3v) is 7.48. The molecular formula is C18H20F6O3S2. The second-order valence-electron chi connectivity index (χ2n) is 7.13. The predicted molar refractivity (Wildman–Crippen MR) is 98.8 cm³/mol. The van der Waals surface area contributed by atoms with Crippen molar-refractivity contribution in [2.45, 2.75) is 62.4 Å². The van der Waals surface area contributed by atoms with Gasteiger partial charge in [-0.05, 0) is 30.4 Å². The Bertz CT molecular complexity index is 952. The fourth-order valence-corrected chi connectivity index (χ4v) is 5.50. The molecule has 0 saturated heterocycles. The Hall–Kier alpha value is -1.33. The van der Waals surface area contributed by atoms with Gasteiger partial charge in [0.1, 0.15) is 0 Å². The quantitative estimate of drug-likeness (QED) is 0.211. The third kappa shape index (κ3) is 5.64. The molecule has 0 N–H and O–H groups in total. The zero-order valence-corrected chi connectivity index (χ0v) is 17.2. The van der Waals surface area contributed by atoms with E-state index < -0.39 is 31.6 Å². The number of hydrogen-bond acceptors (Lipinski definition) is 3. The van der Waals surface area contributed by atoms with Crippen molar-refractivity contribution in [3.63, 3.8) is 0 Å². The molecule has 3 rings (SSSR count). The van der Waals surface area contributed by atoms with E-state index in [1.165, 1.54) is 0 Å². The Morgan fingerprint density at radius 1 is 1.03 bits per heavy atom. The molecule has 1 aliphatic rings. The molecule has 164 valence electrons. The van der Waals surface area contributed by atoms with Crippen LogP contribution in [0.1, 0.15) is 61.8 Å². The molecule has 29 heavy (non-hydrogen) atoms. The van der Waals surface area contributed by atoms with Crippen LogP contribution in [0, 0.1) is 0 Å². The lowest BCUT2D eigenvalue weighted by Gasteiger charge is -2.08. The van der Waals surface area contributed by atoms with Crippen LogP contribution in [-0.4, -0.2) is 18.5 Å². The van der Waals surface area contributed by atoms with Gasteiger partial charge in [0.25, 0.3) is 0 Å². The van der Waals surface area contributed by atoms with Gasteiger partial charge in [-0.3, -0.25) is 0 Å². The lowest BCUT2D eigenvalue weighted by atomic mass is 10.0. The Morgan fingerprint density at radius 2 is 1.55 bits per heavy atom. The average Bonchev–Trinajstić information content (AvgIpc) is 3.19. The molecule has 0 aliphatic heterocycles. The van der Waals surface area contributed by atoms with E-state index in [1.807, 2.05) is 32.0 Å². The average molecular weight is 462 g/mol. The van der Waals surface area contributed by atoms with Gasteiger partial charge in [0.2, 0.25) is 0 Å². The standard InChI is InChI=1S/C17H20F3S.CHF3O3S/c1-11(2)13-7-8-14-10-15(12-5-3-4-6-12)21(16(14)9-13)17(18,19)20;2-1(3,4)8(5,6)7/h7-12H,3-6H2,1-2H3;(H,5,6,7)/q+1;/p-1. The Morgan fingerprint density at radius 3 is 1.97 bits per heavy atom. The SMILES string of the molecule is CC(C)c1ccc2cc(C3CCCC3)[s+](C(F)(F)F)c2c1.O=S(=O)([O-])C(F)(F)F. The summed E-state index contributed by atoms with van der Waals surface area (Å²) in [7, 11) is -7.80. The topological polar surface area (TPSA) is 57.2 Å². The molecule has 3 nitrogen and oxygen atoms in total. The first-order chi connectivity index (χ1) is 13.1. The highest BCUT2D eigenvalue weighted by molar-refractivity contribution is 7.86. The van der Waals surface area contributed by atoms with Crippen molar-refractivity contribution in [1.29, 1.82) is 0 Å². The summed E-state index contributed by atoms with van der Waals surface area (Å²) in [6.07, 6.45) is 3.95. The van der Waals surface area contributed by atoms with Crippen LogP contribution in [0.25, 0.3) is 10.1 Å². The first-order valence-corrected chi connectivity index (χ1v) is 11.4. The second kappa shape index (κ2) is 8.43. The van der Waals surface area contributed by atoms with E-state index in [-0.39, 0.29) is 11.8 Å². The van der Waals surface area contributed by atoms with Crippen LogP contribution in [0.15, 0.2) is 24.3 Å². The summed E-state index contributed by atoms with van der Waals surface area (Å²) in [5.41, 5.74) is -8.81. The molecule has 0 bridgehead atoms. The number of rotatable bonds is 2. The predicted octanol–water partition coefficient (Wildman–Crippen LogP) is 6.90. The maximum Gasteiger partial charge on any atom is 0.600 e. The van der Waals surface area contributed by atoms with Crippen LogP contribution in [0.2, 0.25) is 0 Å². The largest absolute Gasteiger partial charge is 0.741 e. The summed E-state index contributed by atoms with van der Waals surface area (Å²) in [6.45, 7) is 4.04. The summed E-state index contributed by atoms with van der Waals surface area (Å²) in [5.74, 6) is 0.384. The van der Waals surface area contributed by atoms with E-state index in [2.05, 4.69) is 0 Å². The number of fused-ring (bicyclic) bond motifs is 1. The molecule has 0 radical (unpaired) electrons. The van der Waals surface area contributed by atoms with Gasteiger partial charge < -0.3 is 4.55 Å². The monoisotopic (exact) mass is 462 g/mol. The summed E-state index contributed by atoms with van der Waals surface area (Å²) >= 11 is 0. The smallest absolute Gasteiger partial charge is 0.600 e. The van der Waals surface area contributed by atoms with Crippen LogP contribution in [0.3, 0.4) is 0 Å². The summed E-state index contributed by atoms with van der Waals surface area (Å²) in [6, 6.07) is 7.45. The van der Waals surface area contributed by atoms with Crippen molar-refractivity contribution in [1.82, 2.24) is 0 Å². The number of thiophene rings is 1. The first-order valence-electron chi connectivity index (χ1n) is 8.81. The maximum absolute atomic E-state index is 13.6. The molecule has 1 unspecified atom stereocenters. The van der Waals surface area contributed by atoms with Crippen molar-refractivity contribution in [2.24, 2.45) is 0 Å². The van der Waals surface area contributed by atoms with Crippen molar-refractivity contribution in [3.05, 3.63) is 34.7 Å². The minimum Gasteiger partial charge on any atom is -0.741 e. The zero-order chi connectivity index (χ0) is 22.2. The van der Waals surface area contributed by atoms with E-state index in [0.29, 0.717) is 9.58 Å². The first kappa shape index (κ1) is 23.9. The third-order valence-electron chi connectivity index (χ3n) is 4.73. The van der Waals surface area contributed by atoms with Crippen molar-refractivity contribution < 1.29 is 39.3 Å². The zero-order valence-electron chi connectivity index (χ0n) is 15.6. The molecule has 0 amide bonds. The van der Waals surface area contributed by atoms with E-state index in [0.717, 1.165) is 36.6 Å². The molecule has 1 heterocycles. The van der Waals surface area contributed by atoms with Crippen LogP contribution in [0.5, 0.6) is 0 Å². The van der Waals surface area contributed by atoms with E-state index in [1.54, 1.807) is 6.07 Å². The highest BCUT2D eigenvalue weighted by Gasteiger charge is 2.49. The minimum absolute atomic E-state index is 0.129. The van der Waals surface area contributed by atoms with E-state index >= 15 is 0 Å². The maximum atomic E-state index is 13.6. The molecule has 1 atom stereocenters. The minimum atomic E-state index is -6.09. The number of hydrogen-bond donors (Lipinski definition) is 0. The van der Waals surface area contributed by atoms with Crippen LogP contribution in [0.4, 0.5) is 26.3 Å². The molecule has 1 aliphatic carbocycles. The van der Waals surface area contributed by atoms with Gasteiger partial charge in [-0.2, -0.15) is 13.2 Å². The van der Waals surface area contributed by atoms with Crippen LogP contribution in [-0.2, 0) is 15.6 Å². The molecular weight excluding hydrogens is 442 g/mol. The molecule has 1 fully saturated rings. The highest BCUT2D eigenvalue weighted by Crippen LogP contribution is 2.55. The lowest BCUT2D eigenvalue weighted by Crippen LogP contribution is -2.21. The fourth-order valence-electron chi connectivity index (χ4n) is 3.30. The van der Waals surface area contributed by atoms with Crippen molar-refractivity contribution >= 4 is 30.7 Å². The van der Waals surface area contributed by atoms with Gasteiger partial charge in [-0.15, -0.1) is 13.2 Å². The molecule has 2 aromatic rings. The van der Waals surface area contributed by atoms with Gasteiger partial charge in [0, 0.05) is 23.4 Å². The summed E-state index contributed by atoms with van der Waals surface area (Å²) < 4.78 is 100. The molecule has 1 aromatic heterocycles. The van der Waals surface area contributed by atoms with Crippen molar-refractivity contribution in [3.8, 4) is 0 Å². The molecule has 11 heteroatoms. The van der Waals surface area contributed by atoms with E-state index in [9.17, 15) is 26.3 Å².